The van der Waals surface area contributed by atoms with Gasteiger partial charge in [-0.3, -0.25) is 9.59 Å². The van der Waals surface area contributed by atoms with Gasteiger partial charge < -0.3 is 19.5 Å². The van der Waals surface area contributed by atoms with E-state index in [4.69, 9.17) is 9.26 Å². The highest BCUT2D eigenvalue weighted by Crippen LogP contribution is 2.29. The van der Waals surface area contributed by atoms with Gasteiger partial charge in [-0.25, -0.2) is 4.79 Å². The van der Waals surface area contributed by atoms with Crippen LogP contribution in [0.15, 0.2) is 33.8 Å². The number of likely N-dealkylation sites (tertiary alicyclic amines) is 1. The Balaban J connectivity index is 1.27. The highest BCUT2D eigenvalue weighted by atomic mass is 32.2. The van der Waals surface area contributed by atoms with Crippen molar-refractivity contribution in [2.75, 3.05) is 18.4 Å². The third kappa shape index (κ3) is 6.22. The SMILES string of the molecule is CCCc1noc(COC(=O)c2cccc(NC(=O)CC3SC(N4CCCCC4)=NC3=O)c2)n1. The third-order valence-corrected chi connectivity index (χ3v) is 6.63. The molecule has 0 bridgehead atoms. The number of amides is 2. The average Bonchev–Trinajstić information content (AvgIpc) is 3.44. The molecule has 2 aromatic rings. The van der Waals surface area contributed by atoms with E-state index in [0.29, 0.717) is 17.9 Å². The summed E-state index contributed by atoms with van der Waals surface area (Å²) in [4.78, 5) is 47.7. The first-order valence-corrected chi connectivity index (χ1v) is 12.3. The predicted molar refractivity (Wildman–Crippen MR) is 126 cm³/mol. The Kier molecular flexibility index (Phi) is 7.94. The van der Waals surface area contributed by atoms with Gasteiger partial charge in [-0.1, -0.05) is 29.9 Å². The van der Waals surface area contributed by atoms with Gasteiger partial charge in [0.1, 0.15) is 5.25 Å². The van der Waals surface area contributed by atoms with Crippen LogP contribution in [0.2, 0.25) is 0 Å². The predicted octanol–water partition coefficient (Wildman–Crippen LogP) is 3.19. The molecule has 4 rings (SSSR count). The van der Waals surface area contributed by atoms with E-state index in [2.05, 4.69) is 25.3 Å². The first-order chi connectivity index (χ1) is 16.5. The van der Waals surface area contributed by atoms with Crippen LogP contribution in [-0.4, -0.2) is 56.3 Å². The largest absolute Gasteiger partial charge is 0.452 e. The quantitative estimate of drug-likeness (QED) is 0.561. The number of aryl methyl sites for hydroxylation is 1. The topological polar surface area (TPSA) is 127 Å². The molecule has 0 radical (unpaired) electrons. The van der Waals surface area contributed by atoms with E-state index in [1.54, 1.807) is 18.2 Å². The van der Waals surface area contributed by atoms with Crippen LogP contribution in [0.4, 0.5) is 5.69 Å². The average molecular weight is 486 g/mol. The van der Waals surface area contributed by atoms with Gasteiger partial charge in [-0.15, -0.1) is 0 Å². The minimum Gasteiger partial charge on any atom is -0.452 e. The molecular weight excluding hydrogens is 458 g/mol. The van der Waals surface area contributed by atoms with E-state index in [-0.39, 0.29) is 36.3 Å². The summed E-state index contributed by atoms with van der Waals surface area (Å²) >= 11 is 1.35. The number of thioether (sulfide) groups is 1. The maximum Gasteiger partial charge on any atom is 0.338 e. The van der Waals surface area contributed by atoms with Crippen LogP contribution < -0.4 is 5.32 Å². The second-order valence-corrected chi connectivity index (χ2v) is 9.32. The number of anilines is 1. The standard InChI is InChI=1S/C23H27N5O5S/c1-2-7-18-25-20(33-27-18)14-32-22(31)15-8-6-9-16(12-15)24-19(29)13-17-21(30)26-23(34-17)28-10-4-3-5-11-28/h6,8-9,12,17H,2-5,7,10-11,13-14H2,1H3,(H,24,29). The number of rotatable bonds is 8. The van der Waals surface area contributed by atoms with Gasteiger partial charge in [0.25, 0.3) is 11.8 Å². The normalized spacial score (nSPS) is 18.0. The number of hydrogen-bond donors (Lipinski definition) is 1. The number of piperidine rings is 1. The molecule has 1 aromatic heterocycles. The van der Waals surface area contributed by atoms with Crippen molar-refractivity contribution < 1.29 is 23.6 Å². The molecule has 1 saturated heterocycles. The number of hydrogen-bond acceptors (Lipinski definition) is 9. The molecule has 3 heterocycles. The summed E-state index contributed by atoms with van der Waals surface area (Å²) in [5.41, 5.74) is 0.711. The molecule has 34 heavy (non-hydrogen) atoms. The Labute approximate surface area is 201 Å². The summed E-state index contributed by atoms with van der Waals surface area (Å²) in [5, 5.41) is 6.76. The van der Waals surface area contributed by atoms with Gasteiger partial charge in [0.15, 0.2) is 17.6 Å². The zero-order chi connectivity index (χ0) is 23.9. The number of aromatic nitrogens is 2. The fraction of sp³-hybridized carbons (Fsp3) is 0.478. The van der Waals surface area contributed by atoms with E-state index in [1.165, 1.54) is 24.2 Å². The van der Waals surface area contributed by atoms with Crippen molar-refractivity contribution in [2.45, 2.75) is 57.3 Å². The molecule has 0 aliphatic carbocycles. The molecule has 1 N–H and O–H groups in total. The van der Waals surface area contributed by atoms with Gasteiger partial charge >= 0.3 is 5.97 Å². The van der Waals surface area contributed by atoms with Crippen LogP contribution in [0.25, 0.3) is 0 Å². The second kappa shape index (κ2) is 11.3. The van der Waals surface area contributed by atoms with Crippen LogP contribution in [0.1, 0.15) is 61.1 Å². The maximum atomic E-state index is 12.6. The van der Waals surface area contributed by atoms with E-state index in [9.17, 15) is 14.4 Å². The maximum absolute atomic E-state index is 12.6. The van der Waals surface area contributed by atoms with Crippen LogP contribution in [0, 0.1) is 0 Å². The number of benzene rings is 1. The summed E-state index contributed by atoms with van der Waals surface area (Å²) in [6, 6.07) is 6.42. The molecule has 2 aliphatic rings. The monoisotopic (exact) mass is 485 g/mol. The Morgan fingerprint density at radius 2 is 2.09 bits per heavy atom. The minimum atomic E-state index is -0.576. The van der Waals surface area contributed by atoms with Crippen molar-refractivity contribution in [3.05, 3.63) is 41.5 Å². The van der Waals surface area contributed by atoms with E-state index in [0.717, 1.165) is 37.5 Å². The lowest BCUT2D eigenvalue weighted by Crippen LogP contribution is -2.33. The zero-order valence-corrected chi connectivity index (χ0v) is 19.8. The fourth-order valence-corrected chi connectivity index (χ4v) is 4.84. The lowest BCUT2D eigenvalue weighted by molar-refractivity contribution is -0.121. The van der Waals surface area contributed by atoms with Gasteiger partial charge in [0.2, 0.25) is 5.91 Å². The summed E-state index contributed by atoms with van der Waals surface area (Å²) in [5.74, 6) is -0.369. The Bertz CT molecular complexity index is 1080. The third-order valence-electron chi connectivity index (χ3n) is 5.42. The van der Waals surface area contributed by atoms with E-state index in [1.807, 2.05) is 6.92 Å². The summed E-state index contributed by atoms with van der Waals surface area (Å²) in [7, 11) is 0. The molecule has 0 saturated carbocycles. The molecular formula is C23H27N5O5S. The van der Waals surface area contributed by atoms with Crippen LogP contribution in [-0.2, 0) is 27.4 Å². The summed E-state index contributed by atoms with van der Waals surface area (Å²) < 4.78 is 10.3. The van der Waals surface area contributed by atoms with Crippen molar-refractivity contribution in [3.8, 4) is 0 Å². The Hall–Kier alpha value is -3.21. The number of nitrogens with zero attached hydrogens (tertiary/aromatic N) is 4. The lowest BCUT2D eigenvalue weighted by Gasteiger charge is -2.27. The minimum absolute atomic E-state index is 0.0102. The number of carbonyl (C=O) groups is 3. The molecule has 180 valence electrons. The van der Waals surface area contributed by atoms with Gasteiger partial charge in [-0.05, 0) is 43.9 Å². The Morgan fingerprint density at radius 3 is 2.88 bits per heavy atom. The number of aliphatic imine (C=N–C) groups is 1. The fourth-order valence-electron chi connectivity index (χ4n) is 3.72. The molecule has 1 unspecified atom stereocenters. The van der Waals surface area contributed by atoms with Crippen molar-refractivity contribution in [1.29, 1.82) is 0 Å². The molecule has 1 fully saturated rings. The number of amidine groups is 1. The summed E-state index contributed by atoms with van der Waals surface area (Å²) in [6.45, 7) is 3.67. The molecule has 11 heteroatoms. The smallest absolute Gasteiger partial charge is 0.338 e. The van der Waals surface area contributed by atoms with Crippen molar-refractivity contribution in [2.24, 2.45) is 4.99 Å². The molecule has 2 aliphatic heterocycles. The molecule has 10 nitrogen and oxygen atoms in total. The Morgan fingerprint density at radius 1 is 1.26 bits per heavy atom. The first-order valence-electron chi connectivity index (χ1n) is 11.4. The molecule has 0 spiro atoms. The van der Waals surface area contributed by atoms with Gasteiger partial charge in [-0.2, -0.15) is 9.98 Å². The van der Waals surface area contributed by atoms with E-state index >= 15 is 0 Å². The van der Waals surface area contributed by atoms with E-state index < -0.39 is 11.2 Å². The number of ether oxygens (including phenoxy) is 1. The van der Waals surface area contributed by atoms with Gasteiger partial charge in [0, 0.05) is 31.6 Å². The molecule has 2 amide bonds. The number of nitrogens with one attached hydrogen (secondary N) is 1. The van der Waals surface area contributed by atoms with Crippen molar-refractivity contribution in [3.63, 3.8) is 0 Å². The molecule has 1 atom stereocenters. The van der Waals surface area contributed by atoms with Crippen LogP contribution in [0.3, 0.4) is 0 Å². The second-order valence-electron chi connectivity index (χ2n) is 8.15. The molecule has 1 aromatic carbocycles. The first kappa shape index (κ1) is 23.9. The zero-order valence-electron chi connectivity index (χ0n) is 19.0. The van der Waals surface area contributed by atoms with Crippen molar-refractivity contribution in [1.82, 2.24) is 15.0 Å². The highest BCUT2D eigenvalue weighted by molar-refractivity contribution is 8.15. The van der Waals surface area contributed by atoms with Gasteiger partial charge in [0.05, 0.1) is 5.56 Å². The summed E-state index contributed by atoms with van der Waals surface area (Å²) in [6.07, 6.45) is 4.96. The van der Waals surface area contributed by atoms with Crippen LogP contribution in [0.5, 0.6) is 0 Å². The number of carbonyl (C=O) groups excluding carboxylic acids is 3. The number of esters is 1. The highest BCUT2D eigenvalue weighted by Gasteiger charge is 2.33. The van der Waals surface area contributed by atoms with Crippen LogP contribution >= 0.6 is 11.8 Å². The van der Waals surface area contributed by atoms with Crippen molar-refractivity contribution >= 4 is 40.4 Å². The lowest BCUT2D eigenvalue weighted by atomic mass is 10.1.